The van der Waals surface area contributed by atoms with Gasteiger partial charge in [0.15, 0.2) is 5.78 Å². The van der Waals surface area contributed by atoms with E-state index >= 15 is 0 Å². The molecule has 0 aliphatic heterocycles. The lowest BCUT2D eigenvalue weighted by molar-refractivity contribution is -0.141. The monoisotopic (exact) mass is 592 g/mol. The summed E-state index contributed by atoms with van der Waals surface area (Å²) in [4.78, 5) is 40.7. The van der Waals surface area contributed by atoms with Crippen LogP contribution >= 0.6 is 0 Å². The van der Waals surface area contributed by atoms with Crippen molar-refractivity contribution in [1.29, 1.82) is 0 Å². The summed E-state index contributed by atoms with van der Waals surface area (Å²) in [5, 5.41) is 3.24. The predicted molar refractivity (Wildman–Crippen MR) is 174 cm³/mol. The predicted octanol–water partition coefficient (Wildman–Crippen LogP) is 6.88. The van der Waals surface area contributed by atoms with E-state index in [1.807, 2.05) is 93.6 Å². The first kappa shape index (κ1) is 32.0. The number of methoxy groups -OCH3 is 1. The van der Waals surface area contributed by atoms with Gasteiger partial charge in [-0.25, -0.2) is 4.79 Å². The normalized spacial score (nSPS) is 11.5. The van der Waals surface area contributed by atoms with Gasteiger partial charge in [0.2, 0.25) is 5.91 Å². The summed E-state index contributed by atoms with van der Waals surface area (Å²) < 4.78 is 11.1. The summed E-state index contributed by atoms with van der Waals surface area (Å²) in [5.74, 6) is 0.414. The van der Waals surface area contributed by atoms with Crippen molar-refractivity contribution in [2.75, 3.05) is 30.5 Å². The smallest absolute Gasteiger partial charge is 0.328 e. The number of carbonyl (C=O) groups is 3. The number of esters is 1. The number of hydrogen-bond donors (Lipinski definition) is 1. The Labute approximate surface area is 259 Å². The third-order valence-corrected chi connectivity index (χ3v) is 7.20. The van der Waals surface area contributed by atoms with Gasteiger partial charge in [-0.1, -0.05) is 86.1 Å². The Morgan fingerprint density at radius 2 is 1.48 bits per heavy atom. The number of ketones is 1. The van der Waals surface area contributed by atoms with Crippen LogP contribution in [0, 0.1) is 12.8 Å². The number of aryl methyl sites for hydroxylation is 1. The molecule has 7 heteroatoms. The Kier molecular flexibility index (Phi) is 11.3. The third-order valence-electron chi connectivity index (χ3n) is 7.20. The Morgan fingerprint density at radius 1 is 0.818 bits per heavy atom. The van der Waals surface area contributed by atoms with E-state index in [2.05, 4.69) is 5.32 Å². The number of amides is 1. The fraction of sp³-hybridized carbons (Fsp3) is 0.270. The van der Waals surface area contributed by atoms with E-state index in [0.717, 1.165) is 16.8 Å². The maximum absolute atomic E-state index is 13.2. The average molecular weight is 593 g/mol. The van der Waals surface area contributed by atoms with Gasteiger partial charge in [-0.2, -0.15) is 0 Å². The number of carbonyl (C=O) groups excluding carboxylic acids is 3. The maximum atomic E-state index is 13.2. The number of hydrogen-bond acceptors (Lipinski definition) is 6. The van der Waals surface area contributed by atoms with Gasteiger partial charge >= 0.3 is 5.97 Å². The molecule has 1 amide bonds. The topological polar surface area (TPSA) is 84.9 Å². The molecular formula is C37H40N2O5. The fourth-order valence-corrected chi connectivity index (χ4v) is 4.87. The van der Waals surface area contributed by atoms with Gasteiger partial charge in [0.05, 0.1) is 13.7 Å². The molecule has 1 atom stereocenters. The maximum Gasteiger partial charge on any atom is 0.328 e. The summed E-state index contributed by atoms with van der Waals surface area (Å²) in [6.45, 7) is 6.84. The molecule has 0 saturated heterocycles. The Hall–Kier alpha value is -4.91. The molecule has 0 radical (unpaired) electrons. The lowest BCUT2D eigenvalue weighted by Crippen LogP contribution is -2.35. The van der Waals surface area contributed by atoms with Crippen LogP contribution in [-0.4, -0.2) is 44.0 Å². The quantitative estimate of drug-likeness (QED) is 0.127. The lowest BCUT2D eigenvalue weighted by Gasteiger charge is -2.24. The van der Waals surface area contributed by atoms with Crippen LogP contribution < -0.4 is 15.0 Å². The standard InChI is InChI=1S/C37H40N2O5/c1-26(2)24-35(40)39(30-18-14-27(3)15-19-30)22-23-44-31-20-16-28(17-21-31)25-34(37(42)43-4)38-33-13-9-8-12-32(33)36(41)29-10-6-5-7-11-29/h5-21,26,34,38H,22-25H2,1-4H3/t34-/m0/s1. The van der Waals surface area contributed by atoms with Crippen molar-refractivity contribution in [3.8, 4) is 5.75 Å². The molecule has 1 N–H and O–H groups in total. The van der Waals surface area contributed by atoms with Crippen molar-refractivity contribution < 1.29 is 23.9 Å². The number of benzene rings is 4. The first-order chi connectivity index (χ1) is 21.2. The van der Waals surface area contributed by atoms with E-state index in [-0.39, 0.29) is 17.6 Å². The molecule has 0 aliphatic rings. The molecule has 44 heavy (non-hydrogen) atoms. The molecule has 4 aromatic carbocycles. The van der Waals surface area contributed by atoms with Crippen molar-refractivity contribution in [2.24, 2.45) is 5.92 Å². The van der Waals surface area contributed by atoms with E-state index in [0.29, 0.717) is 48.6 Å². The van der Waals surface area contributed by atoms with Gasteiger partial charge < -0.3 is 19.7 Å². The molecule has 0 aliphatic carbocycles. The molecule has 4 rings (SSSR count). The van der Waals surface area contributed by atoms with Gasteiger partial charge in [-0.3, -0.25) is 9.59 Å². The van der Waals surface area contributed by atoms with E-state index in [1.54, 1.807) is 35.2 Å². The Balaban J connectivity index is 1.41. The SMILES string of the molecule is COC(=O)[C@H](Cc1ccc(OCCN(C(=O)CC(C)C)c2ccc(C)cc2)cc1)Nc1ccccc1C(=O)c1ccccc1. The minimum absolute atomic E-state index is 0.0659. The van der Waals surface area contributed by atoms with Crippen molar-refractivity contribution in [1.82, 2.24) is 0 Å². The van der Waals surface area contributed by atoms with Crippen LogP contribution in [0.25, 0.3) is 0 Å². The van der Waals surface area contributed by atoms with Crippen LogP contribution in [0.4, 0.5) is 11.4 Å². The average Bonchev–Trinajstić information content (AvgIpc) is 3.03. The molecule has 228 valence electrons. The number of para-hydroxylation sites is 1. The van der Waals surface area contributed by atoms with Gasteiger partial charge in [0, 0.05) is 35.3 Å². The van der Waals surface area contributed by atoms with Gasteiger partial charge in [0.25, 0.3) is 0 Å². The van der Waals surface area contributed by atoms with Crippen LogP contribution in [0.5, 0.6) is 5.75 Å². The van der Waals surface area contributed by atoms with Crippen LogP contribution in [-0.2, 0) is 20.7 Å². The number of nitrogens with one attached hydrogen (secondary N) is 1. The second kappa shape index (κ2) is 15.5. The second-order valence-corrected chi connectivity index (χ2v) is 11.1. The van der Waals surface area contributed by atoms with Gasteiger partial charge in [-0.05, 0) is 54.8 Å². The molecule has 0 saturated carbocycles. The molecule has 0 spiro atoms. The first-order valence-electron chi connectivity index (χ1n) is 14.9. The summed E-state index contributed by atoms with van der Waals surface area (Å²) in [5.41, 5.74) is 4.48. The number of nitrogens with zero attached hydrogens (tertiary/aromatic N) is 1. The zero-order chi connectivity index (χ0) is 31.5. The fourth-order valence-electron chi connectivity index (χ4n) is 4.87. The number of ether oxygens (including phenoxy) is 2. The highest BCUT2D eigenvalue weighted by molar-refractivity contribution is 6.12. The van der Waals surface area contributed by atoms with Crippen molar-refractivity contribution in [3.63, 3.8) is 0 Å². The van der Waals surface area contributed by atoms with Crippen LogP contribution in [0.2, 0.25) is 0 Å². The van der Waals surface area contributed by atoms with Crippen LogP contribution in [0.1, 0.15) is 47.3 Å². The third kappa shape index (κ3) is 8.80. The highest BCUT2D eigenvalue weighted by Crippen LogP contribution is 2.23. The first-order valence-corrected chi connectivity index (χ1v) is 14.9. The van der Waals surface area contributed by atoms with E-state index in [4.69, 9.17) is 9.47 Å². The van der Waals surface area contributed by atoms with Crippen molar-refractivity contribution in [3.05, 3.63) is 125 Å². The summed E-state index contributed by atoms with van der Waals surface area (Å²) in [6, 6.07) is 30.9. The molecule has 4 aromatic rings. The Bertz CT molecular complexity index is 1530. The van der Waals surface area contributed by atoms with E-state index in [9.17, 15) is 14.4 Å². The second-order valence-electron chi connectivity index (χ2n) is 11.1. The van der Waals surface area contributed by atoms with Crippen molar-refractivity contribution in [2.45, 2.75) is 39.7 Å². The minimum Gasteiger partial charge on any atom is -0.492 e. The number of anilines is 2. The van der Waals surface area contributed by atoms with E-state index in [1.165, 1.54) is 7.11 Å². The van der Waals surface area contributed by atoms with E-state index < -0.39 is 12.0 Å². The Morgan fingerprint density at radius 3 is 2.14 bits per heavy atom. The lowest BCUT2D eigenvalue weighted by atomic mass is 10.00. The molecule has 7 nitrogen and oxygen atoms in total. The zero-order valence-electron chi connectivity index (χ0n) is 25.8. The zero-order valence-corrected chi connectivity index (χ0v) is 25.8. The van der Waals surface area contributed by atoms with Crippen LogP contribution in [0.15, 0.2) is 103 Å². The molecule has 0 fully saturated rings. The molecule has 0 bridgehead atoms. The summed E-state index contributed by atoms with van der Waals surface area (Å²) in [7, 11) is 1.35. The van der Waals surface area contributed by atoms with Gasteiger partial charge in [0.1, 0.15) is 18.4 Å². The summed E-state index contributed by atoms with van der Waals surface area (Å²) in [6.07, 6.45) is 0.800. The highest BCUT2D eigenvalue weighted by atomic mass is 16.5. The van der Waals surface area contributed by atoms with Crippen LogP contribution in [0.3, 0.4) is 0 Å². The van der Waals surface area contributed by atoms with Crippen molar-refractivity contribution >= 4 is 29.0 Å². The largest absolute Gasteiger partial charge is 0.492 e. The molecular weight excluding hydrogens is 552 g/mol. The molecule has 0 heterocycles. The summed E-state index contributed by atoms with van der Waals surface area (Å²) >= 11 is 0. The molecule has 0 aromatic heterocycles. The minimum atomic E-state index is -0.716. The highest BCUT2D eigenvalue weighted by Gasteiger charge is 2.23. The molecule has 0 unspecified atom stereocenters. The number of rotatable bonds is 14. The van der Waals surface area contributed by atoms with Gasteiger partial charge in [-0.15, -0.1) is 0 Å².